The Hall–Kier alpha value is -5.88. The molecule has 1 atom stereocenters. The number of hydrogen-bond donors (Lipinski definition) is 3. The number of nitrogens with two attached hydrogens (primary N) is 1. The van der Waals surface area contributed by atoms with E-state index in [1.165, 1.54) is 25.4 Å². The van der Waals surface area contributed by atoms with E-state index in [4.69, 9.17) is 19.9 Å². The third-order valence-electron chi connectivity index (χ3n) is 8.13. The van der Waals surface area contributed by atoms with Crippen molar-refractivity contribution in [2.24, 2.45) is 10.7 Å². The number of piperazine rings is 1. The Kier molecular flexibility index (Phi) is 15.6. The van der Waals surface area contributed by atoms with Crippen molar-refractivity contribution in [3.8, 4) is 5.75 Å². The van der Waals surface area contributed by atoms with Gasteiger partial charge in [0.05, 0.1) is 12.2 Å². The molecule has 14 heteroatoms. The number of benzene rings is 2. The van der Waals surface area contributed by atoms with E-state index in [0.29, 0.717) is 53.8 Å². The predicted octanol–water partition coefficient (Wildman–Crippen LogP) is 5.61. The SMILES string of the molecule is C=C[C-]1CN(C[C@@H](Oc2cc(C)c(C(=O)NC(=NC(C)C)/C(C)=C\N)cc2C(=O)NCCOC)c2ccc(C)c(F)c2)CCN1C(=O)OC(C)(C)C.[Lr]. The van der Waals surface area contributed by atoms with E-state index < -0.39 is 35.4 Å². The van der Waals surface area contributed by atoms with Crippen LogP contribution in [0.4, 0.5) is 9.18 Å². The maximum Gasteiger partial charge on any atom is 0.398 e. The molecule has 1 radical (unpaired) electrons. The molecule has 0 aliphatic carbocycles. The van der Waals surface area contributed by atoms with Crippen LogP contribution in [0.1, 0.15) is 85.1 Å². The summed E-state index contributed by atoms with van der Waals surface area (Å²) in [7, 11) is 1.52. The minimum absolute atomic E-state index is 0. The molecule has 3 amide bonds. The summed E-state index contributed by atoms with van der Waals surface area (Å²) in [4.78, 5) is 48.4. The van der Waals surface area contributed by atoms with E-state index in [0.717, 1.165) is 0 Å². The first-order chi connectivity index (χ1) is 24.5. The summed E-state index contributed by atoms with van der Waals surface area (Å²) in [6.07, 6.45) is 1.76. The monoisotopic (exact) mass is 984 g/mol. The van der Waals surface area contributed by atoms with Gasteiger partial charge in [0.15, 0.2) is 0 Å². The van der Waals surface area contributed by atoms with Gasteiger partial charge in [-0.25, -0.2) is 21.8 Å². The molecule has 299 valence electrons. The van der Waals surface area contributed by atoms with Crippen molar-refractivity contribution < 1.29 is 33.0 Å². The average molecular weight is 984 g/mol. The molecular weight excluding hydrogens is 929 g/mol. The quantitative estimate of drug-likeness (QED) is 0.102. The number of amides is 3. The number of rotatable bonds is 13. The first kappa shape index (κ1) is 43.3. The van der Waals surface area contributed by atoms with Crippen LogP contribution in [0.15, 0.2) is 59.8 Å². The number of ether oxygens (including phenoxy) is 3. The molecule has 4 N–H and O–H groups in total. The summed E-state index contributed by atoms with van der Waals surface area (Å²) in [6.45, 7) is 20.1. The Labute approximate surface area is 307 Å². The number of aryl methyl sites for hydroxylation is 2. The van der Waals surface area contributed by atoms with Crippen molar-refractivity contribution in [3.63, 3.8) is 0 Å². The predicted molar refractivity (Wildman–Crippen MR) is 201 cm³/mol. The van der Waals surface area contributed by atoms with Crippen molar-refractivity contribution in [3.05, 3.63) is 94.4 Å². The van der Waals surface area contributed by atoms with Crippen LogP contribution in [0.25, 0.3) is 0 Å². The van der Waals surface area contributed by atoms with Gasteiger partial charge in [-0.3, -0.25) is 14.6 Å². The van der Waals surface area contributed by atoms with Crippen LogP contribution in [0.2, 0.25) is 0 Å². The van der Waals surface area contributed by atoms with Gasteiger partial charge in [0.25, 0.3) is 11.8 Å². The third kappa shape index (κ3) is 12.1. The Morgan fingerprint density at radius 2 is 1.79 bits per heavy atom. The maximum atomic E-state index is 15.0. The van der Waals surface area contributed by atoms with Gasteiger partial charge in [-0.2, -0.15) is 0 Å². The van der Waals surface area contributed by atoms with Gasteiger partial charge in [0.2, 0.25) is 0 Å². The van der Waals surface area contributed by atoms with E-state index in [2.05, 4.69) is 27.1 Å². The number of carbonyl (C=O) groups excluding carboxylic acids is 3. The summed E-state index contributed by atoms with van der Waals surface area (Å²) < 4.78 is 32.4. The number of methoxy groups -OCH3 is 1. The van der Waals surface area contributed by atoms with Crippen LogP contribution in [-0.4, -0.2) is 91.6 Å². The van der Waals surface area contributed by atoms with Gasteiger partial charge in [0, 0.05) is 56.7 Å². The second kappa shape index (κ2) is 19.1. The summed E-state index contributed by atoms with van der Waals surface area (Å²) in [5.41, 5.74) is 7.53. The van der Waals surface area contributed by atoms with Crippen molar-refractivity contribution in [2.45, 2.75) is 73.1 Å². The van der Waals surface area contributed by atoms with Crippen LogP contribution < -0.4 is 21.1 Å². The Balaban J connectivity index is 0.00000972. The second-order valence-electron chi connectivity index (χ2n) is 14.0. The molecule has 1 fully saturated rings. The molecule has 0 spiro atoms. The molecule has 53 heavy (non-hydrogen) atoms. The first-order valence-electron chi connectivity index (χ1n) is 17.3. The van der Waals surface area contributed by atoms with Gasteiger partial charge in [-0.05, 0) is 96.8 Å². The topological polar surface area (TPSA) is 148 Å². The molecule has 1 saturated heterocycles. The molecule has 2 aromatic rings. The van der Waals surface area contributed by atoms with Gasteiger partial charge in [-0.1, -0.05) is 12.1 Å². The molecule has 1 aliphatic heterocycles. The standard InChI is InChI=1S/C39H54FN6O6.Lr/c1-11-29-22-45(15-16-46(29)38(49)52-39(7,8)9)23-34(28-13-12-25(4)32(40)19-28)51-33-18-26(5)30(20-31(33)36(47)42-14-17-50-10)37(48)44-35(27(6)21-41)43-24(2)3;/h11-13,18-21,24,34H,1,14-17,22-23,41H2,2-10H3,(H,42,47)(H,43,44,48);/q-1;/b27-21-;/t34-;/m1./s1. The zero-order valence-corrected chi connectivity index (χ0v) is 34.3. The number of nitrogens with one attached hydrogen (secondary N) is 2. The van der Waals surface area contributed by atoms with E-state index in [9.17, 15) is 14.4 Å². The van der Waals surface area contributed by atoms with E-state index in [1.54, 1.807) is 49.9 Å². The van der Waals surface area contributed by atoms with Crippen LogP contribution in [0.5, 0.6) is 5.75 Å². The Morgan fingerprint density at radius 3 is 2.38 bits per heavy atom. The molecular formula is C39H54FLrN6O6-. The molecule has 0 saturated carbocycles. The summed E-state index contributed by atoms with van der Waals surface area (Å²) in [5, 5.41) is 5.65. The largest absolute Gasteiger partial charge is 0.484 e. The van der Waals surface area contributed by atoms with Crippen LogP contribution in [-0.2, 0) is 9.47 Å². The van der Waals surface area contributed by atoms with Crippen molar-refractivity contribution in [1.29, 1.82) is 0 Å². The van der Waals surface area contributed by atoms with Crippen molar-refractivity contribution in [2.75, 3.05) is 46.4 Å². The van der Waals surface area contributed by atoms with Crippen molar-refractivity contribution >= 4 is 23.7 Å². The summed E-state index contributed by atoms with van der Waals surface area (Å²) >= 11 is 0. The van der Waals surface area contributed by atoms with Gasteiger partial charge in [-0.15, -0.1) is 6.04 Å². The fourth-order valence-corrected chi connectivity index (χ4v) is 5.35. The number of aliphatic imine (C=N–C) groups is 1. The maximum absolute atomic E-state index is 15.0. The zero-order chi connectivity index (χ0) is 38.7. The third-order valence-corrected chi connectivity index (χ3v) is 8.13. The molecule has 2 aromatic carbocycles. The molecule has 12 nitrogen and oxygen atoms in total. The van der Waals surface area contributed by atoms with Crippen LogP contribution in [0.3, 0.4) is 0 Å². The van der Waals surface area contributed by atoms with E-state index >= 15 is 4.39 Å². The minimum atomic E-state index is -0.763. The number of hydrogen-bond acceptors (Lipinski definition) is 9. The number of amidine groups is 1. The van der Waals surface area contributed by atoms with Crippen molar-refractivity contribution in [1.82, 2.24) is 20.4 Å². The zero-order valence-electron chi connectivity index (χ0n) is 32.2. The van der Waals surface area contributed by atoms with E-state index in [1.807, 2.05) is 34.6 Å². The molecule has 1 heterocycles. The minimum Gasteiger partial charge on any atom is -0.484 e. The van der Waals surface area contributed by atoms with Gasteiger partial charge < -0.3 is 40.4 Å². The van der Waals surface area contributed by atoms with Crippen LogP contribution >= 0.6 is 0 Å². The number of nitrogens with zero attached hydrogens (tertiary/aromatic N) is 3. The van der Waals surface area contributed by atoms with Gasteiger partial charge in [0.1, 0.15) is 29.1 Å². The smallest absolute Gasteiger partial charge is 0.398 e. The Bertz CT molecular complexity index is 1670. The summed E-state index contributed by atoms with van der Waals surface area (Å²) in [5.74, 6) is -0.859. The molecule has 0 unspecified atom stereocenters. The normalized spacial score (nSPS) is 14.7. The molecule has 1 aliphatic rings. The Morgan fingerprint density at radius 1 is 1.09 bits per heavy atom. The average Bonchev–Trinajstić information content (AvgIpc) is 3.07. The van der Waals surface area contributed by atoms with Crippen LogP contribution in [0, 0.1) is 25.7 Å². The fourth-order valence-electron chi connectivity index (χ4n) is 5.35. The summed E-state index contributed by atoms with van der Waals surface area (Å²) in [6, 6.07) is 8.52. The van der Waals surface area contributed by atoms with Gasteiger partial charge >= 0.3 is 6.09 Å². The number of carbonyl (C=O) groups is 3. The fraction of sp³-hybridized carbons (Fsp3) is 0.462. The second-order valence-corrected chi connectivity index (χ2v) is 14.0. The molecule has 0 aromatic heterocycles. The molecule has 3 rings (SSSR count). The molecule has 0 bridgehead atoms. The first-order valence-corrected chi connectivity index (χ1v) is 17.3. The number of halogens is 1. The van der Waals surface area contributed by atoms with E-state index in [-0.39, 0.29) is 42.6 Å².